The van der Waals surface area contributed by atoms with Crippen LogP contribution in [-0.4, -0.2) is 35.0 Å². The van der Waals surface area contributed by atoms with Gasteiger partial charge < -0.3 is 19.4 Å². The number of methoxy groups -OCH3 is 1. The quantitative estimate of drug-likeness (QED) is 0.267. The van der Waals surface area contributed by atoms with Crippen molar-refractivity contribution in [3.8, 4) is 28.8 Å². The van der Waals surface area contributed by atoms with E-state index in [4.69, 9.17) is 9.47 Å². The number of rotatable bonds is 11. The highest BCUT2D eigenvalue weighted by Gasteiger charge is 2.37. The van der Waals surface area contributed by atoms with Crippen LogP contribution in [0.15, 0.2) is 48.7 Å². The summed E-state index contributed by atoms with van der Waals surface area (Å²) in [7, 11) is 1.58. The Hall–Kier alpha value is -3.89. The number of benzene rings is 2. The van der Waals surface area contributed by atoms with Gasteiger partial charge in [0.05, 0.1) is 12.7 Å². The second-order valence-electron chi connectivity index (χ2n) is 12.6. The number of aryl methyl sites for hydroxylation is 1. The van der Waals surface area contributed by atoms with Crippen LogP contribution in [-0.2, 0) is 17.8 Å². The maximum atomic E-state index is 11.8. The van der Waals surface area contributed by atoms with Gasteiger partial charge in [0.2, 0.25) is 5.88 Å². The van der Waals surface area contributed by atoms with E-state index in [-0.39, 0.29) is 12.0 Å². The van der Waals surface area contributed by atoms with Crippen molar-refractivity contribution in [2.45, 2.75) is 91.0 Å². The molecule has 226 valence electrons. The average molecular weight is 581 g/mol. The second-order valence-corrected chi connectivity index (χ2v) is 12.6. The third kappa shape index (κ3) is 6.55. The summed E-state index contributed by atoms with van der Waals surface area (Å²) in [4.78, 5) is 18.5. The fourth-order valence-corrected chi connectivity index (χ4v) is 6.62. The number of carboxylic acids is 1. The van der Waals surface area contributed by atoms with Crippen LogP contribution in [0.25, 0.3) is 11.1 Å². The molecular formula is C36H42N3O4-. The lowest BCUT2D eigenvalue weighted by Crippen LogP contribution is -2.36. The molecule has 2 aromatic carbocycles. The van der Waals surface area contributed by atoms with Crippen molar-refractivity contribution < 1.29 is 19.4 Å². The lowest BCUT2D eigenvalue weighted by Gasteiger charge is -2.32. The third-order valence-electron chi connectivity index (χ3n) is 9.14. The number of fused-ring (bicyclic) bond motifs is 1. The van der Waals surface area contributed by atoms with Crippen molar-refractivity contribution in [2.24, 2.45) is 11.8 Å². The minimum absolute atomic E-state index is 0.0603. The monoisotopic (exact) mass is 580 g/mol. The summed E-state index contributed by atoms with van der Waals surface area (Å²) in [5.41, 5.74) is 6.66. The molecule has 0 spiro atoms. The predicted molar refractivity (Wildman–Crippen MR) is 165 cm³/mol. The molecule has 3 atom stereocenters. The minimum atomic E-state index is -0.996. The van der Waals surface area contributed by atoms with Gasteiger partial charge in [0.25, 0.3) is 0 Å². The number of aromatic nitrogens is 1. The molecule has 0 amide bonds. The highest BCUT2D eigenvalue weighted by molar-refractivity contribution is 5.74. The van der Waals surface area contributed by atoms with Crippen molar-refractivity contribution in [1.82, 2.24) is 9.88 Å². The summed E-state index contributed by atoms with van der Waals surface area (Å²) < 4.78 is 12.1. The van der Waals surface area contributed by atoms with E-state index in [9.17, 15) is 15.2 Å². The Morgan fingerprint density at radius 2 is 1.81 bits per heavy atom. The third-order valence-corrected chi connectivity index (χ3v) is 9.14. The zero-order valence-corrected chi connectivity index (χ0v) is 26.1. The maximum Gasteiger partial charge on any atom is 0.213 e. The first kappa shape index (κ1) is 30.6. The highest BCUT2D eigenvalue weighted by atomic mass is 16.5. The molecule has 0 radical (unpaired) electrons. The Morgan fingerprint density at radius 1 is 1.07 bits per heavy atom. The molecule has 1 aromatic heterocycles. The van der Waals surface area contributed by atoms with Crippen LogP contribution in [0.3, 0.4) is 0 Å². The van der Waals surface area contributed by atoms with Gasteiger partial charge in [-0.3, -0.25) is 4.90 Å². The molecule has 1 aliphatic heterocycles. The Morgan fingerprint density at radius 3 is 2.44 bits per heavy atom. The van der Waals surface area contributed by atoms with E-state index < -0.39 is 11.9 Å². The Bertz CT molecular complexity index is 1510. The van der Waals surface area contributed by atoms with Gasteiger partial charge in [-0.1, -0.05) is 37.3 Å². The van der Waals surface area contributed by atoms with Crippen LogP contribution in [0.4, 0.5) is 0 Å². The van der Waals surface area contributed by atoms with Gasteiger partial charge in [-0.25, -0.2) is 4.98 Å². The average Bonchev–Trinajstić information content (AvgIpc) is 3.84. The smallest absolute Gasteiger partial charge is 0.213 e. The van der Waals surface area contributed by atoms with Crippen molar-refractivity contribution in [3.63, 3.8) is 0 Å². The molecule has 3 aromatic rings. The number of aliphatic carboxylic acids is 1. The first-order chi connectivity index (χ1) is 20.6. The van der Waals surface area contributed by atoms with E-state index in [1.807, 2.05) is 6.07 Å². The summed E-state index contributed by atoms with van der Waals surface area (Å²) in [5, 5.41) is 21.7. The topological polar surface area (TPSA) is 98.5 Å². The van der Waals surface area contributed by atoms with Gasteiger partial charge >= 0.3 is 0 Å². The lowest BCUT2D eigenvalue weighted by atomic mass is 9.82. The van der Waals surface area contributed by atoms with E-state index in [0.717, 1.165) is 64.8 Å². The van der Waals surface area contributed by atoms with Crippen molar-refractivity contribution in [2.75, 3.05) is 7.11 Å². The Balaban J connectivity index is 1.52. The number of nitrogens with zero attached hydrogens (tertiary/aromatic N) is 3. The van der Waals surface area contributed by atoms with Crippen molar-refractivity contribution in [3.05, 3.63) is 76.5 Å². The molecule has 1 unspecified atom stereocenters. The van der Waals surface area contributed by atoms with Gasteiger partial charge in [-0.2, -0.15) is 5.26 Å². The van der Waals surface area contributed by atoms with E-state index in [1.165, 1.54) is 0 Å². The summed E-state index contributed by atoms with van der Waals surface area (Å²) >= 11 is 0. The number of hydrogen-bond acceptors (Lipinski definition) is 7. The van der Waals surface area contributed by atoms with Gasteiger partial charge in [0.1, 0.15) is 17.9 Å². The lowest BCUT2D eigenvalue weighted by molar-refractivity contribution is -0.311. The summed E-state index contributed by atoms with van der Waals surface area (Å²) in [5.74, 6) is 0.0888. The molecule has 5 rings (SSSR count). The van der Waals surface area contributed by atoms with Crippen molar-refractivity contribution >= 4 is 5.97 Å². The maximum absolute atomic E-state index is 11.8. The number of carboxylic acid groups (broad SMARTS) is 1. The highest BCUT2D eigenvalue weighted by Crippen LogP contribution is 2.48. The molecule has 1 fully saturated rings. The molecule has 0 bridgehead atoms. The second kappa shape index (κ2) is 12.8. The summed E-state index contributed by atoms with van der Waals surface area (Å²) in [6, 6.07) is 17.5. The van der Waals surface area contributed by atoms with Crippen LogP contribution >= 0.6 is 0 Å². The SMILES string of the molecule is COc1cc(-c2ccc(C3CCc4ccc([C@H](C5CC5)[C@H](C)C(=O)[O-])cc4O3)cc2CN(C(C)C)C(C)C)c(C#N)cn1. The van der Waals surface area contributed by atoms with Gasteiger partial charge in [0.15, 0.2) is 0 Å². The zero-order chi connectivity index (χ0) is 30.8. The van der Waals surface area contributed by atoms with E-state index in [2.05, 4.69) is 80.0 Å². The number of carbonyl (C=O) groups excluding carboxylic acids is 1. The normalized spacial score (nSPS) is 17.7. The standard InChI is InChI=1S/C36H43N3O4/c1-21(2)39(22(3)4)20-28-15-26(11-13-30(28)31-17-34(42-6)38-19-29(31)18-37)32-14-12-24-7-10-27(16-33(24)43-32)35(25-8-9-25)23(5)36(40)41/h7,10-11,13,15-17,19,21-23,25,32,35H,8-9,12,14,20H2,1-6H3,(H,40,41)/p-1/t23-,32?,35-/m0/s1. The molecule has 0 saturated heterocycles. The van der Waals surface area contributed by atoms with Crippen LogP contribution < -0.4 is 14.6 Å². The van der Waals surface area contributed by atoms with Crippen LogP contribution in [0, 0.1) is 23.2 Å². The largest absolute Gasteiger partial charge is 0.550 e. The number of hydrogen-bond donors (Lipinski definition) is 0. The van der Waals surface area contributed by atoms with Gasteiger partial charge in [-0.05, 0) is 99.1 Å². The fraction of sp³-hybridized carbons (Fsp3) is 0.472. The number of nitriles is 1. The minimum Gasteiger partial charge on any atom is -0.550 e. The molecule has 1 aliphatic carbocycles. The first-order valence-corrected chi connectivity index (χ1v) is 15.4. The van der Waals surface area contributed by atoms with Crippen LogP contribution in [0.1, 0.15) is 93.7 Å². The first-order valence-electron chi connectivity index (χ1n) is 15.4. The fourth-order valence-electron chi connectivity index (χ4n) is 6.62. The molecule has 2 aliphatic rings. The molecule has 43 heavy (non-hydrogen) atoms. The molecule has 1 saturated carbocycles. The number of carbonyl (C=O) groups is 1. The predicted octanol–water partition coefficient (Wildman–Crippen LogP) is 6.19. The summed E-state index contributed by atoms with van der Waals surface area (Å²) in [6.45, 7) is 11.3. The Kier molecular flexibility index (Phi) is 9.08. The molecule has 2 heterocycles. The van der Waals surface area contributed by atoms with Crippen molar-refractivity contribution in [1.29, 1.82) is 5.26 Å². The van der Waals surface area contributed by atoms with Crippen LogP contribution in [0.2, 0.25) is 0 Å². The van der Waals surface area contributed by atoms with E-state index in [0.29, 0.717) is 36.0 Å². The molecular weight excluding hydrogens is 538 g/mol. The Labute approximate surface area is 255 Å². The van der Waals surface area contributed by atoms with Gasteiger partial charge in [-0.15, -0.1) is 0 Å². The summed E-state index contributed by atoms with van der Waals surface area (Å²) in [6.07, 6.45) is 5.27. The van der Waals surface area contributed by atoms with E-state index in [1.54, 1.807) is 20.2 Å². The number of ether oxygens (including phenoxy) is 2. The number of pyridine rings is 1. The molecule has 7 heteroatoms. The van der Waals surface area contributed by atoms with Gasteiger partial charge in [0, 0.05) is 48.3 Å². The van der Waals surface area contributed by atoms with Crippen LogP contribution in [0.5, 0.6) is 11.6 Å². The molecule has 7 nitrogen and oxygen atoms in total. The molecule has 0 N–H and O–H groups in total. The van der Waals surface area contributed by atoms with E-state index >= 15 is 0 Å². The zero-order valence-electron chi connectivity index (χ0n) is 26.1.